The summed E-state index contributed by atoms with van der Waals surface area (Å²) in [5.74, 6) is -2.21. The van der Waals surface area contributed by atoms with Crippen molar-refractivity contribution in [3.63, 3.8) is 0 Å². The molecule has 0 aliphatic heterocycles. The Morgan fingerprint density at radius 3 is 2.38 bits per heavy atom. The van der Waals surface area contributed by atoms with Crippen LogP contribution in [0.1, 0.15) is 16.1 Å². The molecule has 1 aromatic rings. The fourth-order valence-electron chi connectivity index (χ4n) is 1.47. The molecule has 1 rings (SSSR count). The fourth-order valence-corrected chi connectivity index (χ4v) is 2.08. The Balaban J connectivity index is 3.20. The number of carbonyl (C=O) groups is 1. The Morgan fingerprint density at radius 1 is 1.38 bits per heavy atom. The second-order valence-corrected chi connectivity index (χ2v) is 6.68. The Labute approximate surface area is 119 Å². The summed E-state index contributed by atoms with van der Waals surface area (Å²) in [5.41, 5.74) is -1.67. The highest BCUT2D eigenvalue weighted by atomic mass is 32.2. The van der Waals surface area contributed by atoms with Gasteiger partial charge in [0.2, 0.25) is 0 Å². The number of hydrogen-bond acceptors (Lipinski definition) is 5. The molecular weight excluding hydrogens is 313 g/mol. The van der Waals surface area contributed by atoms with Gasteiger partial charge in [-0.1, -0.05) is 0 Å². The van der Waals surface area contributed by atoms with Gasteiger partial charge in [0.25, 0.3) is 0 Å². The number of hydrogen-bond donors (Lipinski definition) is 1. The number of pyridine rings is 1. The first-order chi connectivity index (χ1) is 9.42. The van der Waals surface area contributed by atoms with Crippen LogP contribution in [0.5, 0.6) is 0 Å². The van der Waals surface area contributed by atoms with E-state index in [-0.39, 0.29) is 12.3 Å². The molecule has 0 spiro atoms. The van der Waals surface area contributed by atoms with Gasteiger partial charge in [-0.2, -0.15) is 13.2 Å². The topological polar surface area (TPSA) is 87.6 Å². The number of anilines is 1. The van der Waals surface area contributed by atoms with Crippen LogP contribution in [0.4, 0.5) is 19.0 Å². The van der Waals surface area contributed by atoms with E-state index in [0.29, 0.717) is 6.07 Å². The van der Waals surface area contributed by atoms with Gasteiger partial charge in [0, 0.05) is 19.8 Å². The third-order valence-corrected chi connectivity index (χ3v) is 3.48. The minimum absolute atomic E-state index is 0.173. The molecule has 0 saturated heterocycles. The summed E-state index contributed by atoms with van der Waals surface area (Å²) in [5, 5.41) is 8.97. The first-order valence-corrected chi connectivity index (χ1v) is 7.68. The highest BCUT2D eigenvalue weighted by Gasteiger charge is 2.34. The number of carboxylic acid groups (broad SMARTS) is 1. The minimum atomic E-state index is -4.72. The summed E-state index contributed by atoms with van der Waals surface area (Å²) in [6.07, 6.45) is -3.75. The fraction of sp³-hybridized carbons (Fsp3) is 0.455. The summed E-state index contributed by atoms with van der Waals surface area (Å²) in [7, 11) is -2.06. The van der Waals surface area contributed by atoms with Gasteiger partial charge < -0.3 is 10.0 Å². The SMILES string of the molecule is CN(CCS(C)(=O)=O)c1nc(C(F)(F)F)ccc1C(=O)O. The minimum Gasteiger partial charge on any atom is -0.478 e. The second-order valence-electron chi connectivity index (χ2n) is 4.42. The predicted octanol–water partition coefficient (Wildman–Crippen LogP) is 1.28. The molecule has 118 valence electrons. The molecule has 0 aromatic carbocycles. The van der Waals surface area contributed by atoms with Crippen molar-refractivity contribution >= 4 is 21.6 Å². The second kappa shape index (κ2) is 5.88. The van der Waals surface area contributed by atoms with Crippen LogP contribution in [0.3, 0.4) is 0 Å². The van der Waals surface area contributed by atoms with E-state index in [1.165, 1.54) is 7.05 Å². The summed E-state index contributed by atoms with van der Waals surface area (Å²) in [6, 6.07) is 1.36. The molecule has 6 nitrogen and oxygen atoms in total. The molecule has 1 heterocycles. The summed E-state index contributed by atoms with van der Waals surface area (Å²) >= 11 is 0. The van der Waals surface area contributed by atoms with Gasteiger partial charge in [0.1, 0.15) is 26.9 Å². The molecule has 0 aliphatic rings. The summed E-state index contributed by atoms with van der Waals surface area (Å²) in [4.78, 5) is 15.4. The molecular formula is C11H13F3N2O4S. The Kier molecular flexibility index (Phi) is 4.82. The highest BCUT2D eigenvalue weighted by molar-refractivity contribution is 7.90. The zero-order valence-corrected chi connectivity index (χ0v) is 12.0. The van der Waals surface area contributed by atoms with E-state index in [0.717, 1.165) is 17.2 Å². The number of alkyl halides is 3. The molecule has 0 fully saturated rings. The Hall–Kier alpha value is -1.84. The molecule has 10 heteroatoms. The lowest BCUT2D eigenvalue weighted by molar-refractivity contribution is -0.141. The molecule has 0 saturated carbocycles. The normalized spacial score (nSPS) is 12.2. The van der Waals surface area contributed by atoms with Crippen LogP contribution in [0.2, 0.25) is 0 Å². The first-order valence-electron chi connectivity index (χ1n) is 5.62. The van der Waals surface area contributed by atoms with Crippen molar-refractivity contribution in [1.29, 1.82) is 0 Å². The Bertz CT molecular complexity index is 643. The number of sulfone groups is 1. The van der Waals surface area contributed by atoms with Crippen LogP contribution in [-0.4, -0.2) is 50.1 Å². The van der Waals surface area contributed by atoms with Crippen LogP contribution in [0.15, 0.2) is 12.1 Å². The van der Waals surface area contributed by atoms with Crippen LogP contribution < -0.4 is 4.90 Å². The number of aromatic carboxylic acids is 1. The lowest BCUT2D eigenvalue weighted by Gasteiger charge is -2.20. The average Bonchev–Trinajstić information content (AvgIpc) is 2.33. The maximum atomic E-state index is 12.6. The molecule has 1 N–H and O–H groups in total. The van der Waals surface area contributed by atoms with Crippen molar-refractivity contribution in [3.8, 4) is 0 Å². The monoisotopic (exact) mass is 326 g/mol. The van der Waals surface area contributed by atoms with E-state index < -0.39 is 39.1 Å². The molecule has 0 radical (unpaired) electrons. The number of carboxylic acids is 1. The number of rotatable bonds is 5. The van der Waals surface area contributed by atoms with Gasteiger partial charge in [0.15, 0.2) is 0 Å². The smallest absolute Gasteiger partial charge is 0.433 e. The number of nitrogens with zero attached hydrogens (tertiary/aromatic N) is 2. The lowest BCUT2D eigenvalue weighted by Crippen LogP contribution is -2.28. The van der Waals surface area contributed by atoms with Crippen LogP contribution >= 0.6 is 0 Å². The number of aromatic nitrogens is 1. The summed E-state index contributed by atoms with van der Waals surface area (Å²) < 4.78 is 60.0. The van der Waals surface area contributed by atoms with E-state index in [1.807, 2.05) is 0 Å². The van der Waals surface area contributed by atoms with E-state index in [2.05, 4.69) is 4.98 Å². The van der Waals surface area contributed by atoms with E-state index in [9.17, 15) is 26.4 Å². The molecule has 0 atom stereocenters. The predicted molar refractivity (Wildman–Crippen MR) is 69.2 cm³/mol. The third kappa shape index (κ3) is 4.88. The zero-order valence-electron chi connectivity index (χ0n) is 11.2. The molecule has 0 bridgehead atoms. The maximum absolute atomic E-state index is 12.6. The van der Waals surface area contributed by atoms with Gasteiger partial charge in [0.05, 0.1) is 5.75 Å². The third-order valence-electron chi connectivity index (χ3n) is 2.56. The van der Waals surface area contributed by atoms with Crippen molar-refractivity contribution in [2.75, 3.05) is 30.5 Å². The molecule has 0 unspecified atom stereocenters. The zero-order chi connectivity index (χ0) is 16.4. The highest BCUT2D eigenvalue weighted by Crippen LogP contribution is 2.30. The van der Waals surface area contributed by atoms with Crippen molar-refractivity contribution < 1.29 is 31.5 Å². The molecule has 21 heavy (non-hydrogen) atoms. The molecule has 0 aliphatic carbocycles. The first kappa shape index (κ1) is 17.2. The van der Waals surface area contributed by atoms with Crippen molar-refractivity contribution in [1.82, 2.24) is 4.98 Å². The van der Waals surface area contributed by atoms with E-state index in [1.54, 1.807) is 0 Å². The lowest BCUT2D eigenvalue weighted by atomic mass is 10.2. The van der Waals surface area contributed by atoms with Crippen molar-refractivity contribution in [2.24, 2.45) is 0 Å². The quantitative estimate of drug-likeness (QED) is 0.877. The molecule has 0 amide bonds. The van der Waals surface area contributed by atoms with E-state index in [4.69, 9.17) is 5.11 Å². The standard InChI is InChI=1S/C11H13F3N2O4S/c1-16(5-6-21(2,19)20)9-7(10(17)18)3-4-8(15-9)11(12,13)14/h3-4H,5-6H2,1-2H3,(H,17,18). The van der Waals surface area contributed by atoms with Gasteiger partial charge in [-0.05, 0) is 12.1 Å². The Morgan fingerprint density at radius 2 is 1.95 bits per heavy atom. The average molecular weight is 326 g/mol. The maximum Gasteiger partial charge on any atom is 0.433 e. The van der Waals surface area contributed by atoms with Crippen LogP contribution in [0.25, 0.3) is 0 Å². The van der Waals surface area contributed by atoms with Crippen LogP contribution in [0, 0.1) is 0 Å². The van der Waals surface area contributed by atoms with Crippen LogP contribution in [-0.2, 0) is 16.0 Å². The van der Waals surface area contributed by atoms with E-state index >= 15 is 0 Å². The number of halogens is 3. The van der Waals surface area contributed by atoms with Crippen molar-refractivity contribution in [3.05, 3.63) is 23.4 Å². The van der Waals surface area contributed by atoms with Gasteiger partial charge >= 0.3 is 12.1 Å². The summed E-state index contributed by atoms with van der Waals surface area (Å²) in [6.45, 7) is -0.173. The van der Waals surface area contributed by atoms with Gasteiger partial charge in [-0.15, -0.1) is 0 Å². The van der Waals surface area contributed by atoms with Gasteiger partial charge in [-0.3, -0.25) is 0 Å². The van der Waals surface area contributed by atoms with Crippen molar-refractivity contribution in [2.45, 2.75) is 6.18 Å². The van der Waals surface area contributed by atoms with Gasteiger partial charge in [-0.25, -0.2) is 18.2 Å². The molecule has 1 aromatic heterocycles. The largest absolute Gasteiger partial charge is 0.478 e.